The van der Waals surface area contributed by atoms with Crippen LogP contribution in [0.25, 0.3) is 0 Å². The quantitative estimate of drug-likeness (QED) is 0.260. The molecule has 1 amide bonds. The Morgan fingerprint density at radius 2 is 1.87 bits per heavy atom. The number of nitro groups is 1. The standard InChI is InChI=1S/C20H14ClN3O6/c1-10(25)16(20(27)30-2)17-12-5-3-4-6-13(12)18(22-17)23-19(26)11-7-8-14(21)15(9-11)24(28)29/h3-9,25H,1-2H3/b16-10-,23-18?. The van der Waals surface area contributed by atoms with Crippen LogP contribution in [0.2, 0.25) is 5.02 Å². The highest BCUT2D eigenvalue weighted by atomic mass is 35.5. The van der Waals surface area contributed by atoms with Crippen molar-refractivity contribution in [3.63, 3.8) is 0 Å². The maximum absolute atomic E-state index is 12.6. The van der Waals surface area contributed by atoms with Crippen LogP contribution in [0.5, 0.6) is 0 Å². The van der Waals surface area contributed by atoms with Gasteiger partial charge in [-0.3, -0.25) is 14.9 Å². The number of allylic oxidation sites excluding steroid dienone is 1. The van der Waals surface area contributed by atoms with Gasteiger partial charge in [-0.15, -0.1) is 0 Å². The summed E-state index contributed by atoms with van der Waals surface area (Å²) < 4.78 is 4.71. The van der Waals surface area contributed by atoms with E-state index in [1.54, 1.807) is 24.3 Å². The molecular weight excluding hydrogens is 414 g/mol. The zero-order valence-corrected chi connectivity index (χ0v) is 16.5. The summed E-state index contributed by atoms with van der Waals surface area (Å²) in [4.78, 5) is 43.3. The first-order valence-electron chi connectivity index (χ1n) is 8.48. The minimum Gasteiger partial charge on any atom is -0.512 e. The number of rotatable bonds is 4. The van der Waals surface area contributed by atoms with Gasteiger partial charge in [0.15, 0.2) is 5.84 Å². The Labute approximate surface area is 175 Å². The van der Waals surface area contributed by atoms with Crippen LogP contribution in [0.3, 0.4) is 0 Å². The first kappa shape index (κ1) is 20.9. The third-order valence-electron chi connectivity index (χ3n) is 4.23. The number of methoxy groups -OCH3 is 1. The molecule has 3 rings (SSSR count). The number of fused-ring (bicyclic) bond motifs is 1. The number of hydrogen-bond donors (Lipinski definition) is 1. The van der Waals surface area contributed by atoms with Crippen LogP contribution >= 0.6 is 11.6 Å². The molecule has 0 fully saturated rings. The van der Waals surface area contributed by atoms with Gasteiger partial charge in [0.2, 0.25) is 0 Å². The topological polar surface area (TPSA) is 131 Å². The molecule has 0 aliphatic carbocycles. The number of aliphatic hydroxyl groups is 1. The van der Waals surface area contributed by atoms with Gasteiger partial charge in [0.1, 0.15) is 16.4 Å². The number of aliphatic imine (C=N–C) groups is 2. The Balaban J connectivity index is 2.11. The molecule has 1 heterocycles. The van der Waals surface area contributed by atoms with Crippen LogP contribution in [0.4, 0.5) is 5.69 Å². The van der Waals surface area contributed by atoms with E-state index in [2.05, 4.69) is 9.98 Å². The van der Waals surface area contributed by atoms with Crippen molar-refractivity contribution in [3.8, 4) is 0 Å². The predicted molar refractivity (Wildman–Crippen MR) is 109 cm³/mol. The summed E-state index contributed by atoms with van der Waals surface area (Å²) >= 11 is 5.78. The van der Waals surface area contributed by atoms with E-state index in [0.29, 0.717) is 11.1 Å². The Kier molecular flexibility index (Phi) is 5.74. The number of amides is 1. The molecule has 0 unspecified atom stereocenters. The molecule has 0 radical (unpaired) electrons. The number of hydrogen-bond acceptors (Lipinski definition) is 6. The molecule has 0 atom stereocenters. The van der Waals surface area contributed by atoms with Crippen molar-refractivity contribution in [2.45, 2.75) is 6.92 Å². The number of amidine groups is 1. The molecule has 152 valence electrons. The molecule has 0 saturated carbocycles. The molecular formula is C20H14ClN3O6. The van der Waals surface area contributed by atoms with E-state index in [0.717, 1.165) is 6.07 Å². The van der Waals surface area contributed by atoms with Crippen LogP contribution in [-0.2, 0) is 9.53 Å². The molecule has 30 heavy (non-hydrogen) atoms. The summed E-state index contributed by atoms with van der Waals surface area (Å²) in [6.45, 7) is 1.31. The van der Waals surface area contributed by atoms with Gasteiger partial charge in [0, 0.05) is 22.8 Å². The number of ether oxygens (including phenoxy) is 1. The highest BCUT2D eigenvalue weighted by molar-refractivity contribution is 6.36. The van der Waals surface area contributed by atoms with Crippen molar-refractivity contribution < 1.29 is 24.4 Å². The van der Waals surface area contributed by atoms with E-state index in [9.17, 15) is 24.8 Å². The Morgan fingerprint density at radius 3 is 2.47 bits per heavy atom. The van der Waals surface area contributed by atoms with Crippen LogP contribution in [-0.4, -0.2) is 40.6 Å². The SMILES string of the molecule is COC(=O)/C(C1=NC(=NC(=O)c2ccc(Cl)c([N+](=O)[O-])c2)c2ccccc21)=C(/C)O. The molecule has 9 nitrogen and oxygen atoms in total. The molecule has 0 spiro atoms. The molecule has 0 aromatic heterocycles. The van der Waals surface area contributed by atoms with Crippen LogP contribution < -0.4 is 0 Å². The number of nitro benzene ring substituents is 1. The van der Waals surface area contributed by atoms with Crippen molar-refractivity contribution in [1.82, 2.24) is 0 Å². The van der Waals surface area contributed by atoms with E-state index in [-0.39, 0.29) is 33.5 Å². The summed E-state index contributed by atoms with van der Waals surface area (Å²) in [5.74, 6) is -1.90. The fourth-order valence-corrected chi connectivity index (χ4v) is 3.04. The molecule has 1 N–H and O–H groups in total. The van der Waals surface area contributed by atoms with E-state index < -0.39 is 22.5 Å². The number of nitrogens with zero attached hydrogens (tertiary/aromatic N) is 3. The first-order valence-corrected chi connectivity index (χ1v) is 8.86. The minimum atomic E-state index is -0.801. The molecule has 0 saturated heterocycles. The highest BCUT2D eigenvalue weighted by Gasteiger charge is 2.30. The lowest BCUT2D eigenvalue weighted by Gasteiger charge is -2.07. The monoisotopic (exact) mass is 427 g/mol. The summed E-state index contributed by atoms with van der Waals surface area (Å²) in [5, 5.41) is 20.9. The van der Waals surface area contributed by atoms with Gasteiger partial charge in [-0.25, -0.2) is 9.79 Å². The second-order valence-corrected chi connectivity index (χ2v) is 6.53. The van der Waals surface area contributed by atoms with Gasteiger partial charge in [-0.2, -0.15) is 4.99 Å². The third-order valence-corrected chi connectivity index (χ3v) is 4.55. The maximum atomic E-state index is 12.6. The number of halogens is 1. The normalized spacial score (nSPS) is 14.6. The molecule has 1 aliphatic rings. The number of aliphatic hydroxyl groups excluding tert-OH is 1. The lowest BCUT2D eigenvalue weighted by atomic mass is 9.99. The molecule has 0 bridgehead atoms. The van der Waals surface area contributed by atoms with Gasteiger partial charge in [0.25, 0.3) is 11.6 Å². The van der Waals surface area contributed by atoms with E-state index in [4.69, 9.17) is 16.3 Å². The van der Waals surface area contributed by atoms with Crippen LogP contribution in [0, 0.1) is 10.1 Å². The summed E-state index contributed by atoms with van der Waals surface area (Å²) in [5.41, 5.74) is 0.384. The van der Waals surface area contributed by atoms with Crippen molar-refractivity contribution >= 4 is 40.7 Å². The Morgan fingerprint density at radius 1 is 1.20 bits per heavy atom. The highest BCUT2D eigenvalue weighted by Crippen LogP contribution is 2.27. The second-order valence-electron chi connectivity index (χ2n) is 6.12. The van der Waals surface area contributed by atoms with Crippen LogP contribution in [0.15, 0.2) is 63.8 Å². The van der Waals surface area contributed by atoms with Crippen molar-refractivity contribution in [2.75, 3.05) is 7.11 Å². The predicted octanol–water partition coefficient (Wildman–Crippen LogP) is 3.64. The number of carbonyl (C=O) groups excluding carboxylic acids is 2. The largest absolute Gasteiger partial charge is 0.512 e. The smallest absolute Gasteiger partial charge is 0.343 e. The number of benzene rings is 2. The zero-order chi connectivity index (χ0) is 22.0. The van der Waals surface area contributed by atoms with Crippen LogP contribution in [0.1, 0.15) is 28.4 Å². The van der Waals surface area contributed by atoms with Gasteiger partial charge in [-0.1, -0.05) is 35.9 Å². The molecule has 2 aromatic carbocycles. The summed E-state index contributed by atoms with van der Waals surface area (Å²) in [6.07, 6.45) is 0. The van der Waals surface area contributed by atoms with Gasteiger partial charge >= 0.3 is 5.97 Å². The van der Waals surface area contributed by atoms with E-state index in [1.165, 1.54) is 26.2 Å². The van der Waals surface area contributed by atoms with Gasteiger partial charge in [0.05, 0.1) is 17.7 Å². The summed E-state index contributed by atoms with van der Waals surface area (Å²) in [7, 11) is 1.17. The Hall–Kier alpha value is -3.85. The first-order chi connectivity index (χ1) is 14.2. The number of esters is 1. The lowest BCUT2D eigenvalue weighted by molar-refractivity contribution is -0.384. The number of carbonyl (C=O) groups is 2. The average Bonchev–Trinajstić information content (AvgIpc) is 3.06. The van der Waals surface area contributed by atoms with Gasteiger partial charge in [-0.05, 0) is 19.1 Å². The molecule has 2 aromatic rings. The van der Waals surface area contributed by atoms with E-state index in [1.807, 2.05) is 0 Å². The van der Waals surface area contributed by atoms with Crippen molar-refractivity contribution in [1.29, 1.82) is 0 Å². The van der Waals surface area contributed by atoms with Crippen molar-refractivity contribution in [3.05, 3.63) is 85.6 Å². The van der Waals surface area contributed by atoms with E-state index >= 15 is 0 Å². The van der Waals surface area contributed by atoms with Crippen molar-refractivity contribution in [2.24, 2.45) is 9.98 Å². The van der Waals surface area contributed by atoms with Gasteiger partial charge < -0.3 is 9.84 Å². The second kappa shape index (κ2) is 8.26. The maximum Gasteiger partial charge on any atom is 0.343 e. The molecule has 10 heteroatoms. The average molecular weight is 428 g/mol. The molecule has 1 aliphatic heterocycles. The zero-order valence-electron chi connectivity index (χ0n) is 15.7. The Bertz CT molecular complexity index is 1180. The fraction of sp³-hybridized carbons (Fsp3) is 0.100. The lowest BCUT2D eigenvalue weighted by Crippen LogP contribution is -2.16. The third kappa shape index (κ3) is 3.83. The minimum absolute atomic E-state index is 0.00847. The fourth-order valence-electron chi connectivity index (χ4n) is 2.85. The summed E-state index contributed by atoms with van der Waals surface area (Å²) in [6, 6.07) is 10.3.